The van der Waals surface area contributed by atoms with Crippen LogP contribution in [0, 0.1) is 0 Å². The molecular formula is C15H15Br2NO3S. The summed E-state index contributed by atoms with van der Waals surface area (Å²) in [7, 11) is -0.458. The predicted molar refractivity (Wildman–Crippen MR) is 93.5 cm³/mol. The molecule has 0 spiro atoms. The molecule has 4 nitrogen and oxygen atoms in total. The Morgan fingerprint density at radius 3 is 2.27 bits per heavy atom. The topological polar surface area (TPSA) is 46.6 Å². The van der Waals surface area contributed by atoms with Gasteiger partial charge in [0.15, 0.2) is 0 Å². The van der Waals surface area contributed by atoms with Gasteiger partial charge < -0.3 is 4.74 Å². The summed E-state index contributed by atoms with van der Waals surface area (Å²) in [4.78, 5) is 0.222. The molecule has 22 heavy (non-hydrogen) atoms. The minimum atomic E-state index is -3.56. The second-order valence-electron chi connectivity index (χ2n) is 4.68. The molecular weight excluding hydrogens is 434 g/mol. The van der Waals surface area contributed by atoms with Gasteiger partial charge in [-0.3, -0.25) is 0 Å². The van der Waals surface area contributed by atoms with Gasteiger partial charge >= 0.3 is 0 Å². The molecule has 0 atom stereocenters. The van der Waals surface area contributed by atoms with Gasteiger partial charge in [-0.2, -0.15) is 4.31 Å². The zero-order chi connectivity index (χ0) is 16.3. The maximum absolute atomic E-state index is 12.6. The highest BCUT2D eigenvalue weighted by Crippen LogP contribution is 2.29. The van der Waals surface area contributed by atoms with E-state index in [1.165, 1.54) is 17.5 Å². The number of rotatable bonds is 5. The smallest absolute Gasteiger partial charge is 0.243 e. The van der Waals surface area contributed by atoms with Crippen molar-refractivity contribution in [2.24, 2.45) is 0 Å². The van der Waals surface area contributed by atoms with Crippen LogP contribution >= 0.6 is 31.9 Å². The van der Waals surface area contributed by atoms with Crippen molar-refractivity contribution in [3.63, 3.8) is 0 Å². The second kappa shape index (κ2) is 7.12. The van der Waals surface area contributed by atoms with Crippen molar-refractivity contribution in [2.75, 3.05) is 14.2 Å². The minimum Gasteiger partial charge on any atom is -0.496 e. The van der Waals surface area contributed by atoms with Gasteiger partial charge in [0.25, 0.3) is 0 Å². The standard InChI is InChI=1S/C15H15Br2NO3S/c1-18(10-11-3-5-12(16)6-4-11)22(19,20)13-7-8-15(21-2)14(17)9-13/h3-9H,10H2,1-2H3. The Kier molecular flexibility index (Phi) is 5.65. The maximum atomic E-state index is 12.6. The average Bonchev–Trinajstić information content (AvgIpc) is 2.49. The first kappa shape index (κ1) is 17.5. The largest absolute Gasteiger partial charge is 0.496 e. The van der Waals surface area contributed by atoms with E-state index in [0.29, 0.717) is 16.8 Å². The number of nitrogens with zero attached hydrogens (tertiary/aromatic N) is 1. The highest BCUT2D eigenvalue weighted by molar-refractivity contribution is 9.10. The molecule has 0 aliphatic rings. The fourth-order valence-electron chi connectivity index (χ4n) is 1.92. The molecule has 7 heteroatoms. The van der Waals surface area contributed by atoms with Crippen LogP contribution in [0.1, 0.15) is 5.56 Å². The van der Waals surface area contributed by atoms with Crippen molar-refractivity contribution in [3.05, 3.63) is 57.0 Å². The molecule has 0 aromatic heterocycles. The molecule has 0 N–H and O–H groups in total. The molecule has 0 heterocycles. The lowest BCUT2D eigenvalue weighted by molar-refractivity contribution is 0.411. The van der Waals surface area contributed by atoms with Crippen LogP contribution in [0.4, 0.5) is 0 Å². The van der Waals surface area contributed by atoms with Gasteiger partial charge in [0.1, 0.15) is 5.75 Å². The molecule has 0 aliphatic carbocycles. The number of methoxy groups -OCH3 is 1. The van der Waals surface area contributed by atoms with E-state index in [9.17, 15) is 8.42 Å². The van der Waals surface area contributed by atoms with Gasteiger partial charge in [-0.1, -0.05) is 28.1 Å². The summed E-state index contributed by atoms with van der Waals surface area (Å²) in [5.41, 5.74) is 0.918. The number of sulfonamides is 1. The zero-order valence-corrected chi connectivity index (χ0v) is 16.1. The summed E-state index contributed by atoms with van der Waals surface area (Å²) in [6, 6.07) is 12.3. The van der Waals surface area contributed by atoms with E-state index in [4.69, 9.17) is 4.74 Å². The van der Waals surface area contributed by atoms with Crippen molar-refractivity contribution in [1.29, 1.82) is 0 Å². The van der Waals surface area contributed by atoms with Crippen LogP contribution < -0.4 is 4.74 Å². The zero-order valence-electron chi connectivity index (χ0n) is 12.1. The molecule has 0 aliphatic heterocycles. The summed E-state index contributed by atoms with van der Waals surface area (Å²) in [5.74, 6) is 0.592. The van der Waals surface area contributed by atoms with E-state index in [0.717, 1.165) is 10.0 Å². The highest BCUT2D eigenvalue weighted by Gasteiger charge is 2.22. The quantitative estimate of drug-likeness (QED) is 0.693. The van der Waals surface area contributed by atoms with Crippen molar-refractivity contribution >= 4 is 41.9 Å². The summed E-state index contributed by atoms with van der Waals surface area (Å²) in [6.45, 7) is 0.305. The Hall–Kier alpha value is -0.890. The minimum absolute atomic E-state index is 0.222. The van der Waals surface area contributed by atoms with Crippen LogP contribution in [0.25, 0.3) is 0 Å². The van der Waals surface area contributed by atoms with E-state index in [2.05, 4.69) is 31.9 Å². The van der Waals surface area contributed by atoms with Crippen LogP contribution in [0.5, 0.6) is 5.75 Å². The number of benzene rings is 2. The summed E-state index contributed by atoms with van der Waals surface area (Å²) >= 11 is 6.67. The van der Waals surface area contributed by atoms with Crippen molar-refractivity contribution < 1.29 is 13.2 Å². The molecule has 2 aromatic rings. The van der Waals surface area contributed by atoms with Crippen molar-refractivity contribution in [1.82, 2.24) is 4.31 Å². The van der Waals surface area contributed by atoms with Crippen LogP contribution in [0.2, 0.25) is 0 Å². The highest BCUT2D eigenvalue weighted by atomic mass is 79.9. The lowest BCUT2D eigenvalue weighted by Gasteiger charge is -2.18. The Bertz CT molecular complexity index is 761. The second-order valence-corrected chi connectivity index (χ2v) is 8.50. The SMILES string of the molecule is COc1ccc(S(=O)(=O)N(C)Cc2ccc(Br)cc2)cc1Br. The number of ether oxygens (including phenoxy) is 1. The predicted octanol–water partition coefficient (Wildman–Crippen LogP) is 4.04. The first-order valence-electron chi connectivity index (χ1n) is 6.39. The third-order valence-corrected chi connectivity index (χ3v) is 6.10. The Balaban J connectivity index is 2.25. The molecule has 0 radical (unpaired) electrons. The van der Waals surface area contributed by atoms with Gasteiger partial charge in [0, 0.05) is 18.1 Å². The fourth-order valence-corrected chi connectivity index (χ4v) is 4.06. The Morgan fingerprint density at radius 1 is 1.09 bits per heavy atom. The lowest BCUT2D eigenvalue weighted by Crippen LogP contribution is -2.26. The maximum Gasteiger partial charge on any atom is 0.243 e. The van der Waals surface area contributed by atoms with Crippen molar-refractivity contribution in [2.45, 2.75) is 11.4 Å². The number of hydrogen-bond donors (Lipinski definition) is 0. The van der Waals surface area contributed by atoms with E-state index < -0.39 is 10.0 Å². The first-order chi connectivity index (χ1) is 10.3. The molecule has 0 saturated carbocycles. The summed E-state index contributed by atoms with van der Waals surface area (Å²) < 4.78 is 33.2. The first-order valence-corrected chi connectivity index (χ1v) is 9.41. The van der Waals surface area contributed by atoms with Gasteiger partial charge in [0.2, 0.25) is 10.0 Å². The number of halogens is 2. The molecule has 118 valence electrons. The van der Waals surface area contributed by atoms with E-state index in [1.807, 2.05) is 24.3 Å². The van der Waals surface area contributed by atoms with Crippen LogP contribution in [-0.4, -0.2) is 26.9 Å². The lowest BCUT2D eigenvalue weighted by atomic mass is 10.2. The van der Waals surface area contributed by atoms with Crippen LogP contribution in [-0.2, 0) is 16.6 Å². The van der Waals surface area contributed by atoms with Crippen LogP contribution in [0.15, 0.2) is 56.3 Å². The van der Waals surface area contributed by atoms with Gasteiger partial charge in [0.05, 0.1) is 16.5 Å². The molecule has 0 fully saturated rings. The van der Waals surface area contributed by atoms with Crippen molar-refractivity contribution in [3.8, 4) is 5.75 Å². The monoisotopic (exact) mass is 447 g/mol. The summed E-state index contributed by atoms with van der Waals surface area (Å²) in [6.07, 6.45) is 0. The van der Waals surface area contributed by atoms with E-state index in [1.54, 1.807) is 19.2 Å². The van der Waals surface area contributed by atoms with Gasteiger partial charge in [-0.05, 0) is 51.8 Å². The molecule has 0 unspecified atom stereocenters. The average molecular weight is 449 g/mol. The number of hydrogen-bond acceptors (Lipinski definition) is 3. The fraction of sp³-hybridized carbons (Fsp3) is 0.200. The Morgan fingerprint density at radius 2 is 1.73 bits per heavy atom. The molecule has 0 bridgehead atoms. The molecule has 2 rings (SSSR count). The molecule has 2 aromatic carbocycles. The van der Waals surface area contributed by atoms with Gasteiger partial charge in [-0.25, -0.2) is 8.42 Å². The normalized spacial score (nSPS) is 11.7. The molecule has 0 amide bonds. The molecule has 0 saturated heterocycles. The summed E-state index contributed by atoms with van der Waals surface area (Å²) in [5, 5.41) is 0. The van der Waals surface area contributed by atoms with Crippen LogP contribution in [0.3, 0.4) is 0 Å². The van der Waals surface area contributed by atoms with E-state index in [-0.39, 0.29) is 4.90 Å². The van der Waals surface area contributed by atoms with Gasteiger partial charge in [-0.15, -0.1) is 0 Å². The third kappa shape index (κ3) is 3.90. The Labute approximate surface area is 147 Å². The third-order valence-electron chi connectivity index (χ3n) is 3.15. The van der Waals surface area contributed by atoms with E-state index >= 15 is 0 Å².